The van der Waals surface area contributed by atoms with Crippen LogP contribution in [0.4, 0.5) is 11.6 Å². The molecule has 4 rings (SSSR count). The Labute approximate surface area is 181 Å². The van der Waals surface area contributed by atoms with Gasteiger partial charge in [-0.1, -0.05) is 28.1 Å². The predicted molar refractivity (Wildman–Crippen MR) is 116 cm³/mol. The van der Waals surface area contributed by atoms with Crippen LogP contribution in [0, 0.1) is 13.8 Å². The van der Waals surface area contributed by atoms with Crippen LogP contribution in [0.2, 0.25) is 0 Å². The van der Waals surface area contributed by atoms with E-state index >= 15 is 0 Å². The molecule has 2 N–H and O–H groups in total. The van der Waals surface area contributed by atoms with Gasteiger partial charge in [0.15, 0.2) is 6.61 Å². The second kappa shape index (κ2) is 8.27. The molecule has 0 aliphatic carbocycles. The first-order valence-electron chi connectivity index (χ1n) is 9.39. The molecule has 1 unspecified atom stereocenters. The number of nitrogens with zero attached hydrogens (tertiary/aromatic N) is 3. The van der Waals surface area contributed by atoms with Crippen molar-refractivity contribution in [2.75, 3.05) is 17.2 Å². The largest absolute Gasteiger partial charge is 0.484 e. The summed E-state index contributed by atoms with van der Waals surface area (Å²) in [6.07, 6.45) is 1.70. The van der Waals surface area contributed by atoms with Crippen molar-refractivity contribution in [3.05, 3.63) is 63.9 Å². The van der Waals surface area contributed by atoms with Gasteiger partial charge < -0.3 is 10.1 Å². The Morgan fingerprint density at radius 2 is 1.97 bits per heavy atom. The minimum atomic E-state index is -0.233. The van der Waals surface area contributed by atoms with Crippen LogP contribution in [0.1, 0.15) is 29.2 Å². The lowest BCUT2D eigenvalue weighted by Crippen LogP contribution is -2.29. The van der Waals surface area contributed by atoms with Gasteiger partial charge in [0, 0.05) is 10.2 Å². The van der Waals surface area contributed by atoms with E-state index in [0.717, 1.165) is 26.9 Å². The van der Waals surface area contributed by atoms with Gasteiger partial charge in [-0.25, -0.2) is 4.68 Å². The van der Waals surface area contributed by atoms with Gasteiger partial charge in [0.25, 0.3) is 5.91 Å². The Kier molecular flexibility index (Phi) is 5.54. The number of carbonyl (C=O) groups excluding carboxylic acids is 2. The van der Waals surface area contributed by atoms with Gasteiger partial charge in [0.2, 0.25) is 11.9 Å². The molecular formula is C21H20BrN5O3. The van der Waals surface area contributed by atoms with Gasteiger partial charge in [-0.15, -0.1) is 0 Å². The van der Waals surface area contributed by atoms with Crippen LogP contribution in [0.15, 0.2) is 47.2 Å². The van der Waals surface area contributed by atoms with Crippen molar-refractivity contribution in [2.45, 2.75) is 26.3 Å². The Morgan fingerprint density at radius 3 is 2.67 bits per heavy atom. The maximum Gasteiger partial charge on any atom is 0.262 e. The molecule has 8 nitrogen and oxygen atoms in total. The van der Waals surface area contributed by atoms with Crippen LogP contribution in [0.3, 0.4) is 0 Å². The number of hydrogen-bond donors (Lipinski definition) is 2. The first-order valence-corrected chi connectivity index (χ1v) is 10.2. The quantitative estimate of drug-likeness (QED) is 0.594. The molecule has 0 fully saturated rings. The van der Waals surface area contributed by atoms with Crippen molar-refractivity contribution in [2.24, 2.45) is 0 Å². The third-order valence-electron chi connectivity index (χ3n) is 4.89. The van der Waals surface area contributed by atoms with E-state index in [2.05, 4.69) is 36.6 Å². The highest BCUT2D eigenvalue weighted by atomic mass is 79.9. The van der Waals surface area contributed by atoms with Crippen molar-refractivity contribution >= 4 is 39.4 Å². The van der Waals surface area contributed by atoms with Crippen LogP contribution in [0.25, 0.3) is 0 Å². The summed E-state index contributed by atoms with van der Waals surface area (Å²) in [7, 11) is 0. The molecule has 2 heterocycles. The molecule has 0 saturated carbocycles. The lowest BCUT2D eigenvalue weighted by Gasteiger charge is -2.23. The number of anilines is 2. The number of rotatable bonds is 5. The van der Waals surface area contributed by atoms with Gasteiger partial charge in [-0.2, -0.15) is 10.1 Å². The number of carbonyl (C=O) groups is 2. The van der Waals surface area contributed by atoms with Crippen LogP contribution in [-0.2, 0) is 9.59 Å². The normalized spacial score (nSPS) is 15.3. The molecule has 2 aromatic carbocycles. The van der Waals surface area contributed by atoms with Crippen molar-refractivity contribution in [3.8, 4) is 5.75 Å². The number of benzene rings is 2. The molecule has 1 atom stereocenters. The second-order valence-electron chi connectivity index (χ2n) is 7.12. The lowest BCUT2D eigenvalue weighted by molar-refractivity contribution is -0.118. The number of aromatic nitrogens is 3. The number of fused-ring (bicyclic) bond motifs is 1. The zero-order valence-electron chi connectivity index (χ0n) is 16.5. The summed E-state index contributed by atoms with van der Waals surface area (Å²) in [5.41, 5.74) is 3.66. The Balaban J connectivity index is 1.39. The minimum Gasteiger partial charge on any atom is -0.484 e. The van der Waals surface area contributed by atoms with Gasteiger partial charge in [-0.3, -0.25) is 14.9 Å². The van der Waals surface area contributed by atoms with E-state index in [0.29, 0.717) is 11.7 Å². The van der Waals surface area contributed by atoms with E-state index in [-0.39, 0.29) is 30.9 Å². The molecular weight excluding hydrogens is 450 g/mol. The number of nitrogens with one attached hydrogen (secondary N) is 2. The summed E-state index contributed by atoms with van der Waals surface area (Å²) in [5, 5.41) is 9.79. The molecule has 0 bridgehead atoms. The summed E-state index contributed by atoms with van der Waals surface area (Å²) >= 11 is 3.45. The molecule has 0 spiro atoms. The van der Waals surface area contributed by atoms with E-state index in [1.807, 2.05) is 38.1 Å². The summed E-state index contributed by atoms with van der Waals surface area (Å²) < 4.78 is 8.29. The number of hydrogen-bond acceptors (Lipinski definition) is 5. The Hall–Kier alpha value is -3.20. The van der Waals surface area contributed by atoms with E-state index in [1.54, 1.807) is 16.8 Å². The molecule has 1 aromatic heterocycles. The average molecular weight is 470 g/mol. The molecule has 3 aromatic rings. The number of aryl methyl sites for hydroxylation is 2. The summed E-state index contributed by atoms with van der Waals surface area (Å²) in [4.78, 5) is 28.3. The summed E-state index contributed by atoms with van der Waals surface area (Å²) in [5.74, 6) is 0.670. The van der Waals surface area contributed by atoms with Crippen LogP contribution in [0.5, 0.6) is 5.75 Å². The molecule has 1 aliphatic rings. The maximum absolute atomic E-state index is 12.3. The Bertz CT molecular complexity index is 1090. The fourth-order valence-electron chi connectivity index (χ4n) is 3.48. The smallest absolute Gasteiger partial charge is 0.262 e. The van der Waals surface area contributed by atoms with Crippen molar-refractivity contribution in [3.63, 3.8) is 0 Å². The zero-order valence-corrected chi connectivity index (χ0v) is 18.1. The highest BCUT2D eigenvalue weighted by Gasteiger charge is 2.27. The van der Waals surface area contributed by atoms with Crippen LogP contribution < -0.4 is 15.4 Å². The molecule has 1 aliphatic heterocycles. The SMILES string of the molecule is Cc1cc(Br)cc(C)c1NC(=O)COc1ccc(C2CC(=O)Nc3ncnn32)cc1. The van der Waals surface area contributed by atoms with Crippen molar-refractivity contribution < 1.29 is 14.3 Å². The second-order valence-corrected chi connectivity index (χ2v) is 8.03. The molecule has 0 radical (unpaired) electrons. The van der Waals surface area contributed by atoms with E-state index < -0.39 is 0 Å². The van der Waals surface area contributed by atoms with Gasteiger partial charge in [0.05, 0.1) is 12.5 Å². The van der Waals surface area contributed by atoms with Gasteiger partial charge >= 0.3 is 0 Å². The highest BCUT2D eigenvalue weighted by molar-refractivity contribution is 9.10. The molecule has 2 amide bonds. The fraction of sp³-hybridized carbons (Fsp3) is 0.238. The zero-order chi connectivity index (χ0) is 21.3. The molecule has 9 heteroatoms. The number of halogens is 1. The van der Waals surface area contributed by atoms with E-state index in [1.165, 1.54) is 6.33 Å². The fourth-order valence-corrected chi connectivity index (χ4v) is 4.17. The average Bonchev–Trinajstić information content (AvgIpc) is 3.17. The van der Waals surface area contributed by atoms with Gasteiger partial charge in [-0.05, 0) is 54.8 Å². The van der Waals surface area contributed by atoms with Crippen LogP contribution in [-0.4, -0.2) is 33.2 Å². The third-order valence-corrected chi connectivity index (χ3v) is 5.35. The molecule has 154 valence electrons. The number of amides is 2. The van der Waals surface area contributed by atoms with Crippen molar-refractivity contribution in [1.82, 2.24) is 14.8 Å². The maximum atomic E-state index is 12.3. The van der Waals surface area contributed by atoms with Crippen molar-refractivity contribution in [1.29, 1.82) is 0 Å². The van der Waals surface area contributed by atoms with E-state index in [9.17, 15) is 9.59 Å². The van der Waals surface area contributed by atoms with Crippen LogP contribution >= 0.6 is 15.9 Å². The first kappa shape index (κ1) is 20.1. The van der Waals surface area contributed by atoms with Gasteiger partial charge in [0.1, 0.15) is 12.1 Å². The summed E-state index contributed by atoms with van der Waals surface area (Å²) in [6, 6.07) is 11.0. The topological polar surface area (TPSA) is 98.1 Å². The Morgan fingerprint density at radius 1 is 1.27 bits per heavy atom. The highest BCUT2D eigenvalue weighted by Crippen LogP contribution is 2.29. The van der Waals surface area contributed by atoms with E-state index in [4.69, 9.17) is 4.74 Å². The predicted octanol–water partition coefficient (Wildman–Crippen LogP) is 3.61. The standard InChI is InChI=1S/C21H20BrN5O3/c1-12-7-15(22)8-13(2)20(12)25-19(29)10-30-16-5-3-14(4-6-16)17-9-18(28)26-21-23-11-24-27(17)21/h3-8,11,17H,9-10H2,1-2H3,(H,25,29)(H,23,24,26,28). The monoisotopic (exact) mass is 469 g/mol. The number of ether oxygens (including phenoxy) is 1. The molecule has 0 saturated heterocycles. The first-order chi connectivity index (χ1) is 14.4. The molecule has 30 heavy (non-hydrogen) atoms. The minimum absolute atomic E-state index is 0.101. The third kappa shape index (κ3) is 4.20. The summed E-state index contributed by atoms with van der Waals surface area (Å²) in [6.45, 7) is 3.78. The lowest BCUT2D eigenvalue weighted by atomic mass is 10.0.